The first-order valence-electron chi connectivity index (χ1n) is 7.56. The molecule has 0 saturated carbocycles. The van der Waals surface area contributed by atoms with Crippen molar-refractivity contribution in [2.24, 2.45) is 5.92 Å². The maximum absolute atomic E-state index is 12.3. The van der Waals surface area contributed by atoms with Crippen LogP contribution in [0.1, 0.15) is 49.5 Å². The highest BCUT2D eigenvalue weighted by atomic mass is 16.6. The lowest BCUT2D eigenvalue weighted by molar-refractivity contribution is -0.0368. The van der Waals surface area contributed by atoms with Gasteiger partial charge in [-0.1, -0.05) is 19.1 Å². The van der Waals surface area contributed by atoms with E-state index >= 15 is 0 Å². The number of rotatable bonds is 4. The second kappa shape index (κ2) is 6.40. The van der Waals surface area contributed by atoms with E-state index in [9.17, 15) is 4.79 Å². The standard InChI is InChI=1S/C17H25NO2/c1-4-13-5-7-14(8-6-13)16(19)20-17(2,3)15-9-11-18-12-10-15/h5-8,15,18H,4,9-12H2,1-3H3. The van der Waals surface area contributed by atoms with E-state index in [2.05, 4.69) is 12.2 Å². The molecule has 1 N–H and O–H groups in total. The van der Waals surface area contributed by atoms with Crippen LogP contribution in [0.3, 0.4) is 0 Å². The van der Waals surface area contributed by atoms with E-state index in [-0.39, 0.29) is 5.97 Å². The molecule has 1 aromatic rings. The molecule has 3 nitrogen and oxygen atoms in total. The van der Waals surface area contributed by atoms with Gasteiger partial charge >= 0.3 is 5.97 Å². The van der Waals surface area contributed by atoms with Crippen LogP contribution in [0.5, 0.6) is 0 Å². The Bertz CT molecular complexity index is 445. The molecule has 0 aromatic heterocycles. The van der Waals surface area contributed by atoms with Crippen LogP contribution in [-0.4, -0.2) is 24.7 Å². The van der Waals surface area contributed by atoms with E-state index in [4.69, 9.17) is 4.74 Å². The number of benzene rings is 1. The monoisotopic (exact) mass is 275 g/mol. The van der Waals surface area contributed by atoms with Crippen LogP contribution in [0.2, 0.25) is 0 Å². The Morgan fingerprint density at radius 1 is 1.25 bits per heavy atom. The Morgan fingerprint density at radius 3 is 2.40 bits per heavy atom. The van der Waals surface area contributed by atoms with Crippen molar-refractivity contribution < 1.29 is 9.53 Å². The molecule has 20 heavy (non-hydrogen) atoms. The highest BCUT2D eigenvalue weighted by molar-refractivity contribution is 5.89. The topological polar surface area (TPSA) is 38.3 Å². The number of hydrogen-bond donors (Lipinski definition) is 1. The summed E-state index contributed by atoms with van der Waals surface area (Å²) in [6.45, 7) is 8.18. The van der Waals surface area contributed by atoms with E-state index in [0.717, 1.165) is 32.4 Å². The molecular formula is C17H25NO2. The number of nitrogens with one attached hydrogen (secondary N) is 1. The van der Waals surface area contributed by atoms with E-state index in [1.165, 1.54) is 5.56 Å². The zero-order chi connectivity index (χ0) is 14.6. The molecule has 1 saturated heterocycles. The molecule has 0 bridgehead atoms. The minimum absolute atomic E-state index is 0.212. The predicted octanol–water partition coefficient (Wildman–Crippen LogP) is 3.18. The first-order chi connectivity index (χ1) is 9.53. The van der Waals surface area contributed by atoms with Gasteiger partial charge in [-0.2, -0.15) is 0 Å². The van der Waals surface area contributed by atoms with Gasteiger partial charge in [0.25, 0.3) is 0 Å². The molecule has 0 amide bonds. The third-order valence-electron chi connectivity index (χ3n) is 4.28. The molecule has 0 atom stereocenters. The summed E-state index contributed by atoms with van der Waals surface area (Å²) in [7, 11) is 0. The number of ether oxygens (including phenoxy) is 1. The summed E-state index contributed by atoms with van der Waals surface area (Å²) in [4.78, 5) is 12.3. The lowest BCUT2D eigenvalue weighted by Gasteiger charge is -2.36. The van der Waals surface area contributed by atoms with Gasteiger partial charge in [0, 0.05) is 5.92 Å². The third-order valence-corrected chi connectivity index (χ3v) is 4.28. The Balaban J connectivity index is 2.01. The molecule has 1 heterocycles. The fraction of sp³-hybridized carbons (Fsp3) is 0.588. The Labute approximate surface area is 121 Å². The summed E-state index contributed by atoms with van der Waals surface area (Å²) in [6, 6.07) is 7.71. The van der Waals surface area contributed by atoms with E-state index in [0.29, 0.717) is 11.5 Å². The van der Waals surface area contributed by atoms with Crippen molar-refractivity contribution in [1.82, 2.24) is 5.32 Å². The molecular weight excluding hydrogens is 250 g/mol. The highest BCUT2D eigenvalue weighted by Gasteiger charge is 2.34. The van der Waals surface area contributed by atoms with Crippen molar-refractivity contribution in [2.75, 3.05) is 13.1 Å². The quantitative estimate of drug-likeness (QED) is 0.858. The Kier molecular flexibility index (Phi) is 4.81. The van der Waals surface area contributed by atoms with E-state index < -0.39 is 5.60 Å². The Hall–Kier alpha value is -1.35. The second-order valence-electron chi connectivity index (χ2n) is 6.07. The average molecular weight is 275 g/mol. The van der Waals surface area contributed by atoms with Crippen LogP contribution in [0.15, 0.2) is 24.3 Å². The van der Waals surface area contributed by atoms with Crippen LogP contribution >= 0.6 is 0 Å². The molecule has 0 spiro atoms. The van der Waals surface area contributed by atoms with Crippen molar-refractivity contribution in [2.45, 2.75) is 45.6 Å². The average Bonchev–Trinajstić information content (AvgIpc) is 2.48. The molecule has 2 rings (SSSR count). The van der Waals surface area contributed by atoms with Crippen molar-refractivity contribution >= 4 is 5.97 Å². The smallest absolute Gasteiger partial charge is 0.338 e. The minimum Gasteiger partial charge on any atom is -0.456 e. The number of carbonyl (C=O) groups is 1. The summed E-state index contributed by atoms with van der Waals surface area (Å²) in [5, 5.41) is 3.34. The van der Waals surface area contributed by atoms with Crippen molar-refractivity contribution in [1.29, 1.82) is 0 Å². The third kappa shape index (κ3) is 3.60. The summed E-state index contributed by atoms with van der Waals surface area (Å²) < 4.78 is 5.77. The van der Waals surface area contributed by atoms with Gasteiger partial charge in [0.2, 0.25) is 0 Å². The molecule has 1 aliphatic rings. The zero-order valence-corrected chi connectivity index (χ0v) is 12.7. The van der Waals surface area contributed by atoms with Gasteiger partial charge in [0.15, 0.2) is 0 Å². The van der Waals surface area contributed by atoms with Gasteiger partial charge in [0.1, 0.15) is 5.60 Å². The van der Waals surface area contributed by atoms with Crippen LogP contribution in [-0.2, 0) is 11.2 Å². The number of carbonyl (C=O) groups excluding carboxylic acids is 1. The fourth-order valence-corrected chi connectivity index (χ4v) is 2.77. The van der Waals surface area contributed by atoms with Crippen LogP contribution in [0.25, 0.3) is 0 Å². The van der Waals surface area contributed by atoms with Crippen LogP contribution < -0.4 is 5.32 Å². The summed E-state index contributed by atoms with van der Waals surface area (Å²) >= 11 is 0. The molecule has 0 aliphatic carbocycles. The first kappa shape index (κ1) is 15.0. The minimum atomic E-state index is -0.400. The zero-order valence-electron chi connectivity index (χ0n) is 12.7. The Morgan fingerprint density at radius 2 is 1.85 bits per heavy atom. The van der Waals surface area contributed by atoms with Gasteiger partial charge in [-0.15, -0.1) is 0 Å². The molecule has 0 unspecified atom stereocenters. The van der Waals surface area contributed by atoms with Gasteiger partial charge in [-0.3, -0.25) is 0 Å². The first-order valence-corrected chi connectivity index (χ1v) is 7.56. The molecule has 1 aromatic carbocycles. The van der Waals surface area contributed by atoms with Crippen molar-refractivity contribution in [3.63, 3.8) is 0 Å². The molecule has 3 heteroatoms. The van der Waals surface area contributed by atoms with Crippen LogP contribution in [0.4, 0.5) is 0 Å². The van der Waals surface area contributed by atoms with Gasteiger partial charge < -0.3 is 10.1 Å². The summed E-state index contributed by atoms with van der Waals surface area (Å²) in [5.41, 5.74) is 1.48. The number of piperidine rings is 1. The number of hydrogen-bond acceptors (Lipinski definition) is 3. The lowest BCUT2D eigenvalue weighted by Crippen LogP contribution is -2.42. The van der Waals surface area contributed by atoms with Crippen molar-refractivity contribution in [3.05, 3.63) is 35.4 Å². The number of aryl methyl sites for hydroxylation is 1. The highest BCUT2D eigenvalue weighted by Crippen LogP contribution is 2.29. The van der Waals surface area contributed by atoms with Gasteiger partial charge in [0.05, 0.1) is 5.56 Å². The number of esters is 1. The lowest BCUT2D eigenvalue weighted by atomic mass is 9.83. The normalized spacial score (nSPS) is 16.9. The maximum Gasteiger partial charge on any atom is 0.338 e. The van der Waals surface area contributed by atoms with Crippen LogP contribution in [0, 0.1) is 5.92 Å². The summed E-state index contributed by atoms with van der Waals surface area (Å²) in [5.74, 6) is 0.221. The van der Waals surface area contributed by atoms with E-state index in [1.807, 2.05) is 38.1 Å². The van der Waals surface area contributed by atoms with Crippen molar-refractivity contribution in [3.8, 4) is 0 Å². The predicted molar refractivity (Wildman–Crippen MR) is 80.9 cm³/mol. The SMILES string of the molecule is CCc1ccc(C(=O)OC(C)(C)C2CCNCC2)cc1. The fourth-order valence-electron chi connectivity index (χ4n) is 2.77. The second-order valence-corrected chi connectivity index (χ2v) is 6.07. The molecule has 0 radical (unpaired) electrons. The largest absolute Gasteiger partial charge is 0.456 e. The maximum atomic E-state index is 12.3. The molecule has 110 valence electrons. The van der Waals surface area contributed by atoms with Gasteiger partial charge in [-0.25, -0.2) is 4.79 Å². The van der Waals surface area contributed by atoms with E-state index in [1.54, 1.807) is 0 Å². The molecule has 1 fully saturated rings. The van der Waals surface area contributed by atoms with Gasteiger partial charge in [-0.05, 0) is 63.9 Å². The summed E-state index contributed by atoms with van der Waals surface area (Å²) in [6.07, 6.45) is 3.11. The molecule has 1 aliphatic heterocycles.